The average molecular weight is 1190 g/mol. The number of imide groups is 2. The van der Waals surface area contributed by atoms with E-state index in [9.17, 15) is 14.4 Å². The van der Waals surface area contributed by atoms with Gasteiger partial charge in [-0.2, -0.15) is 0 Å². The fraction of sp³-hybridized carbons (Fsp3) is 0.522. The van der Waals surface area contributed by atoms with E-state index in [0.29, 0.717) is 215 Å². The number of aryl methyl sites for hydroxylation is 2. The van der Waals surface area contributed by atoms with Gasteiger partial charge in [-0.1, -0.05) is 56.5 Å². The zero-order chi connectivity index (χ0) is 60.6. The molecule has 0 saturated carbocycles. The van der Waals surface area contributed by atoms with Crippen molar-refractivity contribution in [3.8, 4) is 0 Å². The maximum atomic E-state index is 15.3. The summed E-state index contributed by atoms with van der Waals surface area (Å²) in [6.07, 6.45) is 9.24. The van der Waals surface area contributed by atoms with E-state index in [1.807, 2.05) is 81.4 Å². The van der Waals surface area contributed by atoms with Crippen LogP contribution in [-0.4, -0.2) is 167 Å². The maximum Gasteiger partial charge on any atom is 0.333 e. The Kier molecular flexibility index (Phi) is 26.2. The van der Waals surface area contributed by atoms with Crippen molar-refractivity contribution < 1.29 is 71.3 Å². The highest BCUT2D eigenvalue weighted by Gasteiger charge is 2.38. The van der Waals surface area contributed by atoms with Crippen molar-refractivity contribution in [2.45, 2.75) is 105 Å². The quantitative estimate of drug-likeness (QED) is 0.00878. The van der Waals surface area contributed by atoms with Gasteiger partial charge in [0.1, 0.15) is 0 Å². The summed E-state index contributed by atoms with van der Waals surface area (Å²) in [5, 5.41) is 6.13. The number of nitrogens with zero attached hydrogens (tertiary/aromatic N) is 2. The number of hydrogen-bond donors (Lipinski definition) is 0. The molecule has 4 amide bonds. The lowest BCUT2D eigenvalue weighted by molar-refractivity contribution is -0.139. The number of unbranched alkanes of at least 4 members (excludes halogenated alkanes) is 5. The molecule has 0 spiro atoms. The number of carbonyl (C=O) groups is 5. The predicted octanol–water partition coefficient (Wildman–Crippen LogP) is 11.6. The summed E-state index contributed by atoms with van der Waals surface area (Å²) in [5.41, 5.74) is 5.91. The first kappa shape index (κ1) is 65.7. The zero-order valence-electron chi connectivity index (χ0n) is 51.1. The van der Waals surface area contributed by atoms with Gasteiger partial charge in [-0.25, -0.2) is 9.69 Å². The number of hydrogen-bond acceptors (Lipinski definition) is 15. The van der Waals surface area contributed by atoms with Crippen LogP contribution in [0.1, 0.15) is 144 Å². The van der Waals surface area contributed by atoms with E-state index < -0.39 is 11.8 Å². The molecule has 0 aliphatic carbocycles. The third-order valence-electron chi connectivity index (χ3n) is 15.8. The molecule has 6 aromatic carbocycles. The minimum absolute atomic E-state index is 0.309. The summed E-state index contributed by atoms with van der Waals surface area (Å²) in [6.45, 7) is 21.2. The van der Waals surface area contributed by atoms with E-state index in [1.165, 1.54) is 9.80 Å². The summed E-state index contributed by atoms with van der Waals surface area (Å²) >= 11 is 0. The molecule has 17 heteroatoms. The number of esters is 1. The van der Waals surface area contributed by atoms with Crippen LogP contribution in [0, 0.1) is 0 Å². The normalized spacial score (nSPS) is 13.3. The number of ether oxygens (including phenoxy) is 10. The molecule has 0 atom stereocenters. The molecule has 8 rings (SSSR count). The number of amides is 4. The SMILES string of the molecule is C=C(C)C(=O)OCCCCCCCCN1C(=O)c2ccc3c4ccc5c6c(ccc(c7ccc(c2c37)C1=O)c64)C(=O)N(c1cc(CCCOCCOCCOCC)c(CCCOCCOCCOCC)c(CCCOCCOCCOCC)c1)C5=O. The first-order chi connectivity index (χ1) is 42.1. The molecule has 0 aromatic heterocycles. The Bertz CT molecular complexity index is 3080. The van der Waals surface area contributed by atoms with Gasteiger partial charge in [-0.15, -0.1) is 0 Å². The van der Waals surface area contributed by atoms with E-state index in [4.69, 9.17) is 47.4 Å². The van der Waals surface area contributed by atoms with Crippen molar-refractivity contribution in [2.24, 2.45) is 0 Å². The van der Waals surface area contributed by atoms with Gasteiger partial charge in [0.15, 0.2) is 0 Å². The highest BCUT2D eigenvalue weighted by molar-refractivity contribution is 6.43. The van der Waals surface area contributed by atoms with Crippen molar-refractivity contribution in [1.82, 2.24) is 4.90 Å². The van der Waals surface area contributed by atoms with Gasteiger partial charge < -0.3 is 47.4 Å². The fourth-order valence-corrected chi connectivity index (χ4v) is 11.6. The second-order valence-corrected chi connectivity index (χ2v) is 21.7. The largest absolute Gasteiger partial charge is 0.462 e. The molecule has 86 heavy (non-hydrogen) atoms. The summed E-state index contributed by atoms with van der Waals surface area (Å²) in [4.78, 5) is 73.5. The van der Waals surface area contributed by atoms with E-state index in [0.717, 1.165) is 87.5 Å². The molecule has 0 unspecified atom stereocenters. The van der Waals surface area contributed by atoms with Gasteiger partial charge in [0.25, 0.3) is 23.6 Å². The third kappa shape index (κ3) is 16.7. The Morgan fingerprint density at radius 2 is 0.744 bits per heavy atom. The second-order valence-electron chi connectivity index (χ2n) is 21.7. The van der Waals surface area contributed by atoms with E-state index >= 15 is 9.59 Å². The smallest absolute Gasteiger partial charge is 0.333 e. The Labute approximate surface area is 506 Å². The van der Waals surface area contributed by atoms with Gasteiger partial charge in [0.05, 0.1) is 91.6 Å². The molecule has 0 fully saturated rings. The van der Waals surface area contributed by atoms with Crippen LogP contribution < -0.4 is 4.90 Å². The van der Waals surface area contributed by atoms with Gasteiger partial charge in [-0.3, -0.25) is 24.1 Å². The molecule has 0 saturated heterocycles. The first-order valence-electron chi connectivity index (χ1n) is 31.2. The van der Waals surface area contributed by atoms with Crippen LogP contribution >= 0.6 is 0 Å². The van der Waals surface area contributed by atoms with E-state index in [-0.39, 0.29) is 17.8 Å². The number of anilines is 1. The van der Waals surface area contributed by atoms with Gasteiger partial charge in [-0.05, 0) is 164 Å². The standard InChI is InChI=1S/C69H88N2O15/c1-6-77-34-37-83-43-40-80-30-15-18-49-46-51(47-50(19-16-31-81-41-44-84-38-35-78-7-2)52(49)20-17-32-82-42-45-85-39-36-79-8-3)71-67(74)59-27-23-55-53-21-25-57-63-58(26-22-54(61(53)63)56-24-28-60(68(71)75)64(59)62(55)56)66(73)70(65(57)72)29-13-11-9-10-12-14-33-86-69(76)48(4)5/h21-28,46-47H,4,6-20,29-45H2,1-3,5H3. The lowest BCUT2D eigenvalue weighted by Crippen LogP contribution is -2.41. The van der Waals surface area contributed by atoms with Crippen molar-refractivity contribution in [3.63, 3.8) is 0 Å². The van der Waals surface area contributed by atoms with Crippen LogP contribution in [0.5, 0.6) is 0 Å². The minimum Gasteiger partial charge on any atom is -0.462 e. The van der Waals surface area contributed by atoms with Crippen molar-refractivity contribution in [3.05, 3.63) is 112 Å². The molecule has 464 valence electrons. The molecule has 2 heterocycles. The van der Waals surface area contributed by atoms with Crippen molar-refractivity contribution >= 4 is 78.4 Å². The summed E-state index contributed by atoms with van der Waals surface area (Å²) < 4.78 is 56.5. The molecule has 0 N–H and O–H groups in total. The Morgan fingerprint density at radius 3 is 1.14 bits per heavy atom. The lowest BCUT2D eigenvalue weighted by atomic mass is 9.82. The monoisotopic (exact) mass is 1180 g/mol. The molecule has 6 aromatic rings. The van der Waals surface area contributed by atoms with Crippen molar-refractivity contribution in [2.75, 3.05) is 137 Å². The van der Waals surface area contributed by atoms with Gasteiger partial charge >= 0.3 is 5.97 Å². The van der Waals surface area contributed by atoms with Crippen LogP contribution in [-0.2, 0) is 71.4 Å². The Morgan fingerprint density at radius 1 is 0.395 bits per heavy atom. The highest BCUT2D eigenvalue weighted by atomic mass is 16.6. The first-order valence-corrected chi connectivity index (χ1v) is 31.2. The topological polar surface area (TPSA) is 184 Å². The zero-order valence-corrected chi connectivity index (χ0v) is 51.1. The van der Waals surface area contributed by atoms with E-state index in [2.05, 4.69) is 6.58 Å². The van der Waals surface area contributed by atoms with Crippen molar-refractivity contribution in [1.29, 1.82) is 0 Å². The number of rotatable bonds is 44. The van der Waals surface area contributed by atoms with Crippen LogP contribution in [0.3, 0.4) is 0 Å². The lowest BCUT2D eigenvalue weighted by Gasteiger charge is -2.31. The molecule has 2 aliphatic rings. The number of carbonyl (C=O) groups excluding carboxylic acids is 5. The number of benzene rings is 6. The molecular weight excluding hydrogens is 1100 g/mol. The predicted molar refractivity (Wildman–Crippen MR) is 333 cm³/mol. The third-order valence-corrected chi connectivity index (χ3v) is 15.8. The Hall–Kier alpha value is -6.25. The van der Waals surface area contributed by atoms with Gasteiger partial charge in [0, 0.05) is 84.8 Å². The summed E-state index contributed by atoms with van der Waals surface area (Å²) in [5.74, 6) is -1.83. The summed E-state index contributed by atoms with van der Waals surface area (Å²) in [6, 6.07) is 19.1. The molecule has 0 radical (unpaired) electrons. The number of fused-ring (bicyclic) bond motifs is 2. The van der Waals surface area contributed by atoms with Gasteiger partial charge in [0.2, 0.25) is 0 Å². The molecule has 17 nitrogen and oxygen atoms in total. The van der Waals surface area contributed by atoms with Crippen LogP contribution in [0.15, 0.2) is 72.8 Å². The minimum atomic E-state index is -0.415. The van der Waals surface area contributed by atoms with Crippen LogP contribution in [0.25, 0.3) is 43.1 Å². The van der Waals surface area contributed by atoms with Crippen LogP contribution in [0.2, 0.25) is 0 Å². The summed E-state index contributed by atoms with van der Waals surface area (Å²) in [7, 11) is 0. The highest BCUT2D eigenvalue weighted by Crippen LogP contribution is 2.47. The Balaban J connectivity index is 1.04. The second kappa shape index (κ2) is 34.3. The average Bonchev–Trinajstić information content (AvgIpc) is 0.755. The molecule has 2 aliphatic heterocycles. The molecule has 0 bridgehead atoms. The molecular formula is C69H88N2O15. The fourth-order valence-electron chi connectivity index (χ4n) is 11.6. The van der Waals surface area contributed by atoms with Crippen LogP contribution in [0.4, 0.5) is 5.69 Å². The van der Waals surface area contributed by atoms with E-state index in [1.54, 1.807) is 6.92 Å². The maximum absolute atomic E-state index is 15.3.